The zero-order chi connectivity index (χ0) is 21.1. The van der Waals surface area contributed by atoms with Gasteiger partial charge in [-0.05, 0) is 48.7 Å². The number of ether oxygens (including phenoxy) is 1. The summed E-state index contributed by atoms with van der Waals surface area (Å²) in [6, 6.07) is 14.1. The average Bonchev–Trinajstić information content (AvgIpc) is 3.21. The minimum absolute atomic E-state index is 0.0164. The van der Waals surface area contributed by atoms with Gasteiger partial charge in [-0.3, -0.25) is 4.79 Å². The van der Waals surface area contributed by atoms with Crippen molar-refractivity contribution < 1.29 is 22.7 Å². The van der Waals surface area contributed by atoms with Gasteiger partial charge in [0.15, 0.2) is 0 Å². The second-order valence-electron chi connectivity index (χ2n) is 6.81. The number of hydrogen-bond acceptors (Lipinski definition) is 6. The van der Waals surface area contributed by atoms with Gasteiger partial charge in [-0.1, -0.05) is 36.0 Å². The zero-order valence-corrected chi connectivity index (χ0v) is 16.9. The van der Waals surface area contributed by atoms with Crippen molar-refractivity contribution in [3.8, 4) is 17.2 Å². The predicted octanol–water partition coefficient (Wildman–Crippen LogP) is 4.40. The van der Waals surface area contributed by atoms with Gasteiger partial charge in [-0.25, -0.2) is 0 Å². The van der Waals surface area contributed by atoms with Crippen molar-refractivity contribution in [1.82, 2.24) is 15.1 Å². The quantitative estimate of drug-likeness (QED) is 0.539. The number of nitrogens with zero attached hydrogens (tertiary/aromatic N) is 3. The lowest BCUT2D eigenvalue weighted by Crippen LogP contribution is -2.40. The van der Waals surface area contributed by atoms with Gasteiger partial charge in [0.1, 0.15) is 5.75 Å². The number of thioether (sulfide) groups is 1. The molecule has 156 valence electrons. The largest absolute Gasteiger partial charge is 0.435 e. The minimum atomic E-state index is -2.88. The summed E-state index contributed by atoms with van der Waals surface area (Å²) in [6.07, 6.45) is 0.843. The number of hydrogen-bond donors (Lipinski definition) is 0. The maximum Gasteiger partial charge on any atom is 0.387 e. The van der Waals surface area contributed by atoms with E-state index in [0.29, 0.717) is 18.7 Å². The third-order valence-corrected chi connectivity index (χ3v) is 5.72. The number of carbonyl (C=O) groups excluding carboxylic acids is 1. The highest BCUT2D eigenvalue weighted by atomic mass is 32.2. The van der Waals surface area contributed by atoms with Crippen molar-refractivity contribution in [2.24, 2.45) is 0 Å². The lowest BCUT2D eigenvalue weighted by Gasteiger charge is -2.30. The van der Waals surface area contributed by atoms with E-state index < -0.39 is 6.61 Å². The summed E-state index contributed by atoms with van der Waals surface area (Å²) >= 11 is 1.20. The van der Waals surface area contributed by atoms with Gasteiger partial charge < -0.3 is 14.1 Å². The first-order chi connectivity index (χ1) is 14.5. The van der Waals surface area contributed by atoms with Crippen LogP contribution in [0.15, 0.2) is 58.2 Å². The molecule has 6 nitrogen and oxygen atoms in total. The van der Waals surface area contributed by atoms with E-state index in [-0.39, 0.29) is 28.0 Å². The molecule has 0 spiro atoms. The lowest BCUT2D eigenvalue weighted by molar-refractivity contribution is -0.131. The molecule has 30 heavy (non-hydrogen) atoms. The highest BCUT2D eigenvalue weighted by molar-refractivity contribution is 8.00. The summed E-state index contributed by atoms with van der Waals surface area (Å²) in [5.41, 5.74) is 3.03. The summed E-state index contributed by atoms with van der Waals surface area (Å²) in [7, 11) is 0. The van der Waals surface area contributed by atoms with Gasteiger partial charge in [0.25, 0.3) is 5.22 Å². The first-order valence-corrected chi connectivity index (χ1v) is 10.3. The van der Waals surface area contributed by atoms with Gasteiger partial charge >= 0.3 is 6.61 Å². The smallest absolute Gasteiger partial charge is 0.387 e. The molecule has 0 N–H and O–H groups in total. The molecule has 2 heterocycles. The van der Waals surface area contributed by atoms with Crippen LogP contribution in [0.25, 0.3) is 11.5 Å². The van der Waals surface area contributed by atoms with Crippen molar-refractivity contribution in [2.45, 2.75) is 37.0 Å². The summed E-state index contributed by atoms with van der Waals surface area (Å²) in [5, 5.41) is 7.86. The van der Waals surface area contributed by atoms with Crippen molar-refractivity contribution in [3.05, 3.63) is 59.7 Å². The van der Waals surface area contributed by atoms with Crippen molar-refractivity contribution in [2.75, 3.05) is 6.54 Å². The molecule has 0 saturated carbocycles. The Morgan fingerprint density at radius 3 is 2.60 bits per heavy atom. The molecule has 0 aliphatic carbocycles. The summed E-state index contributed by atoms with van der Waals surface area (Å²) < 4.78 is 34.4. The van der Waals surface area contributed by atoms with Crippen LogP contribution in [0.3, 0.4) is 0 Å². The Kier molecular flexibility index (Phi) is 5.98. The van der Waals surface area contributed by atoms with Gasteiger partial charge in [0.2, 0.25) is 11.8 Å². The normalized spacial score (nSPS) is 14.5. The van der Waals surface area contributed by atoms with Crippen LogP contribution < -0.4 is 4.74 Å². The van der Waals surface area contributed by atoms with Crippen molar-refractivity contribution >= 4 is 17.7 Å². The second kappa shape index (κ2) is 8.83. The monoisotopic (exact) mass is 431 g/mol. The Labute approximate surface area is 176 Å². The number of halogens is 2. The van der Waals surface area contributed by atoms with Crippen LogP contribution in [0.1, 0.15) is 18.1 Å². The van der Waals surface area contributed by atoms with E-state index in [1.807, 2.05) is 24.0 Å². The highest BCUT2D eigenvalue weighted by Crippen LogP contribution is 2.29. The molecule has 4 rings (SSSR count). The fraction of sp³-hybridized carbons (Fsp3) is 0.286. The minimum Gasteiger partial charge on any atom is -0.435 e. The molecule has 0 radical (unpaired) electrons. The van der Waals surface area contributed by atoms with Crippen LogP contribution in [0.5, 0.6) is 5.75 Å². The van der Waals surface area contributed by atoms with Gasteiger partial charge in [-0.15, -0.1) is 10.2 Å². The van der Waals surface area contributed by atoms with Crippen LogP contribution in [0.4, 0.5) is 8.78 Å². The van der Waals surface area contributed by atoms with E-state index in [1.165, 1.54) is 35.0 Å². The van der Waals surface area contributed by atoms with E-state index >= 15 is 0 Å². The van der Waals surface area contributed by atoms with E-state index in [1.54, 1.807) is 12.1 Å². The Bertz CT molecular complexity index is 1030. The number of benzene rings is 2. The average molecular weight is 431 g/mol. The molecule has 3 aromatic rings. The molecular formula is C21H19F2N3O3S. The standard InChI is InChI=1S/C21H19F2N3O3S/c1-13(19(27)26-11-10-14-4-2-3-5-16(14)12-26)30-21-25-24-18(29-21)15-6-8-17(9-7-15)28-20(22)23/h2-9,13,20H,10-12H2,1H3. The second-order valence-corrected chi connectivity index (χ2v) is 8.11. The third-order valence-electron chi connectivity index (χ3n) is 4.80. The topological polar surface area (TPSA) is 68.5 Å². The molecular weight excluding hydrogens is 412 g/mol. The molecule has 0 bridgehead atoms. The first-order valence-electron chi connectivity index (χ1n) is 9.40. The van der Waals surface area contributed by atoms with Gasteiger partial charge in [-0.2, -0.15) is 8.78 Å². The summed E-state index contributed by atoms with van der Waals surface area (Å²) in [5.74, 6) is 0.306. The number of amides is 1. The van der Waals surface area contributed by atoms with Crippen molar-refractivity contribution in [1.29, 1.82) is 0 Å². The van der Waals surface area contributed by atoms with Gasteiger partial charge in [0, 0.05) is 18.7 Å². The Morgan fingerprint density at radius 2 is 1.87 bits per heavy atom. The van der Waals surface area contributed by atoms with Crippen LogP contribution in [-0.2, 0) is 17.8 Å². The van der Waals surface area contributed by atoms with Gasteiger partial charge in [0.05, 0.1) is 5.25 Å². The van der Waals surface area contributed by atoms with E-state index in [0.717, 1.165) is 6.42 Å². The highest BCUT2D eigenvalue weighted by Gasteiger charge is 2.26. The van der Waals surface area contributed by atoms with Crippen LogP contribution in [0.2, 0.25) is 0 Å². The number of fused-ring (bicyclic) bond motifs is 1. The van der Waals surface area contributed by atoms with Crippen LogP contribution in [0, 0.1) is 0 Å². The first kappa shape index (κ1) is 20.3. The molecule has 9 heteroatoms. The number of rotatable bonds is 6. The molecule has 0 saturated heterocycles. The van der Waals surface area contributed by atoms with E-state index in [2.05, 4.69) is 27.1 Å². The third kappa shape index (κ3) is 4.62. The number of carbonyl (C=O) groups is 1. The Balaban J connectivity index is 1.38. The Morgan fingerprint density at radius 1 is 1.13 bits per heavy atom. The predicted molar refractivity (Wildman–Crippen MR) is 107 cm³/mol. The SMILES string of the molecule is CC(Sc1nnc(-c2ccc(OC(F)F)cc2)o1)C(=O)N1CCc2ccccc2C1. The van der Waals surface area contributed by atoms with E-state index in [9.17, 15) is 13.6 Å². The molecule has 1 aliphatic rings. The summed E-state index contributed by atoms with van der Waals surface area (Å²) in [6.45, 7) is 0.216. The molecule has 1 aromatic heterocycles. The molecule has 1 aliphatic heterocycles. The summed E-state index contributed by atoms with van der Waals surface area (Å²) in [4.78, 5) is 14.7. The molecule has 1 atom stereocenters. The van der Waals surface area contributed by atoms with Crippen LogP contribution >= 0.6 is 11.8 Å². The zero-order valence-electron chi connectivity index (χ0n) is 16.1. The number of alkyl halides is 2. The fourth-order valence-electron chi connectivity index (χ4n) is 3.30. The molecule has 1 unspecified atom stereocenters. The molecule has 2 aromatic carbocycles. The fourth-order valence-corrected chi connectivity index (χ4v) is 4.06. The Hall–Kier alpha value is -2.94. The number of aromatic nitrogens is 2. The molecule has 1 amide bonds. The van der Waals surface area contributed by atoms with Crippen LogP contribution in [-0.4, -0.2) is 39.4 Å². The maximum absolute atomic E-state index is 12.9. The van der Waals surface area contributed by atoms with Crippen molar-refractivity contribution in [3.63, 3.8) is 0 Å². The maximum atomic E-state index is 12.9. The molecule has 0 fully saturated rings. The lowest BCUT2D eigenvalue weighted by atomic mass is 10.00. The van der Waals surface area contributed by atoms with E-state index in [4.69, 9.17) is 4.42 Å².